The maximum atomic E-state index is 12.4. The van der Waals surface area contributed by atoms with Crippen molar-refractivity contribution >= 4 is 11.8 Å². The van der Waals surface area contributed by atoms with E-state index in [2.05, 4.69) is 34.9 Å². The Hall–Kier alpha value is -3.40. The van der Waals surface area contributed by atoms with Gasteiger partial charge in [0.05, 0.1) is 0 Å². The molecule has 0 spiro atoms. The Morgan fingerprint density at radius 1 is 0.594 bits per heavy atom. The molecule has 2 aliphatic rings. The molecule has 32 heavy (non-hydrogen) atoms. The second-order valence-corrected chi connectivity index (χ2v) is 8.97. The predicted octanol–water partition coefficient (Wildman–Crippen LogP) is 4.53. The molecule has 4 nitrogen and oxygen atoms in total. The zero-order chi connectivity index (χ0) is 21.9. The Morgan fingerprint density at radius 3 is 1.34 bits per heavy atom. The van der Waals surface area contributed by atoms with E-state index < -0.39 is 0 Å². The first-order valence-electron chi connectivity index (χ1n) is 11.4. The number of hydrogen-bond donors (Lipinski definition) is 2. The fourth-order valence-electron chi connectivity index (χ4n) is 4.52. The minimum Gasteiger partial charge on any atom is -0.352 e. The fraction of sp³-hybridized carbons (Fsp3) is 0.286. The lowest BCUT2D eigenvalue weighted by Gasteiger charge is -2.08. The van der Waals surface area contributed by atoms with Crippen LogP contribution in [0.3, 0.4) is 0 Å². The largest absolute Gasteiger partial charge is 0.352 e. The first-order chi connectivity index (χ1) is 15.7. The van der Waals surface area contributed by atoms with E-state index in [0.29, 0.717) is 24.9 Å². The molecule has 0 bridgehead atoms. The van der Waals surface area contributed by atoms with Gasteiger partial charge in [0.1, 0.15) is 0 Å². The van der Waals surface area contributed by atoms with Crippen molar-refractivity contribution in [2.45, 2.75) is 37.8 Å². The van der Waals surface area contributed by atoms with E-state index in [1.807, 2.05) is 60.7 Å². The van der Waals surface area contributed by atoms with E-state index >= 15 is 0 Å². The van der Waals surface area contributed by atoms with Crippen molar-refractivity contribution in [1.29, 1.82) is 0 Å². The van der Waals surface area contributed by atoms with Crippen LogP contribution in [0, 0.1) is 11.8 Å². The summed E-state index contributed by atoms with van der Waals surface area (Å²) in [5, 5.41) is 6.13. The molecule has 3 aromatic carbocycles. The van der Waals surface area contributed by atoms with E-state index in [4.69, 9.17) is 0 Å². The number of carbonyl (C=O) groups is 2. The third-order valence-electron chi connectivity index (χ3n) is 6.67. The van der Waals surface area contributed by atoms with Gasteiger partial charge in [-0.3, -0.25) is 9.59 Å². The van der Waals surface area contributed by atoms with E-state index in [1.165, 1.54) is 11.1 Å². The molecule has 4 heteroatoms. The highest BCUT2D eigenvalue weighted by Gasteiger charge is 2.44. The number of nitrogens with one attached hydrogen (secondary N) is 2. The predicted molar refractivity (Wildman–Crippen MR) is 125 cm³/mol. The molecular formula is C28H28N2O2. The van der Waals surface area contributed by atoms with Crippen LogP contribution in [0.15, 0.2) is 84.9 Å². The van der Waals surface area contributed by atoms with Gasteiger partial charge in [0, 0.05) is 24.9 Å². The quantitative estimate of drug-likeness (QED) is 0.558. The van der Waals surface area contributed by atoms with Crippen molar-refractivity contribution in [3.05, 3.63) is 107 Å². The Kier molecular flexibility index (Phi) is 5.76. The van der Waals surface area contributed by atoms with E-state index in [-0.39, 0.29) is 23.7 Å². The lowest BCUT2D eigenvalue weighted by molar-refractivity contribution is -0.123. The second kappa shape index (κ2) is 8.99. The molecule has 0 unspecified atom stereocenters. The summed E-state index contributed by atoms with van der Waals surface area (Å²) < 4.78 is 0. The third-order valence-corrected chi connectivity index (χ3v) is 6.67. The molecule has 0 heterocycles. The van der Waals surface area contributed by atoms with E-state index in [1.54, 1.807) is 0 Å². The SMILES string of the molecule is O=C(NCc1ccc(CNC(=O)[C@@H]2C[C@@H]2c2ccccc2)cc1)[C@H]1C[C@H]1c1ccccc1. The molecule has 2 amide bonds. The highest BCUT2D eigenvalue weighted by molar-refractivity contribution is 5.83. The van der Waals surface area contributed by atoms with Crippen LogP contribution in [0.2, 0.25) is 0 Å². The molecule has 0 radical (unpaired) electrons. The summed E-state index contributed by atoms with van der Waals surface area (Å²) >= 11 is 0. The first-order valence-corrected chi connectivity index (χ1v) is 11.4. The average Bonchev–Trinajstić information content (AvgIpc) is 3.76. The number of amides is 2. The highest BCUT2D eigenvalue weighted by Crippen LogP contribution is 2.48. The molecule has 5 rings (SSSR count). The van der Waals surface area contributed by atoms with Crippen molar-refractivity contribution in [3.8, 4) is 0 Å². The summed E-state index contributed by atoms with van der Waals surface area (Å²) in [5.74, 6) is 1.16. The van der Waals surface area contributed by atoms with Gasteiger partial charge in [-0.2, -0.15) is 0 Å². The van der Waals surface area contributed by atoms with Gasteiger partial charge in [0.25, 0.3) is 0 Å². The van der Waals surface area contributed by atoms with Crippen molar-refractivity contribution in [2.24, 2.45) is 11.8 Å². The lowest BCUT2D eigenvalue weighted by Crippen LogP contribution is -2.25. The number of hydrogen-bond acceptors (Lipinski definition) is 2. The number of carbonyl (C=O) groups excluding carboxylic acids is 2. The topological polar surface area (TPSA) is 58.2 Å². The summed E-state index contributed by atoms with van der Waals surface area (Å²) in [7, 11) is 0. The maximum absolute atomic E-state index is 12.4. The molecule has 2 fully saturated rings. The van der Waals surface area contributed by atoms with Gasteiger partial charge in [0.15, 0.2) is 0 Å². The Labute approximate surface area is 189 Å². The molecule has 2 N–H and O–H groups in total. The molecule has 162 valence electrons. The van der Waals surface area contributed by atoms with Crippen LogP contribution in [-0.2, 0) is 22.7 Å². The van der Waals surface area contributed by atoms with Gasteiger partial charge in [-0.25, -0.2) is 0 Å². The van der Waals surface area contributed by atoms with Gasteiger partial charge in [-0.1, -0.05) is 84.9 Å². The second-order valence-electron chi connectivity index (χ2n) is 8.97. The van der Waals surface area contributed by atoms with Gasteiger partial charge in [-0.05, 0) is 46.9 Å². The summed E-state index contributed by atoms with van der Waals surface area (Å²) in [6, 6.07) is 28.6. The monoisotopic (exact) mass is 424 g/mol. The van der Waals surface area contributed by atoms with Gasteiger partial charge in [-0.15, -0.1) is 0 Å². The molecule has 2 aliphatic carbocycles. The molecule has 2 saturated carbocycles. The third kappa shape index (κ3) is 4.75. The molecule has 3 aromatic rings. The average molecular weight is 425 g/mol. The molecule has 0 aliphatic heterocycles. The molecule has 4 atom stereocenters. The summed E-state index contributed by atoms with van der Waals surface area (Å²) in [5.41, 5.74) is 4.63. The Bertz CT molecular complexity index is 991. The molecular weight excluding hydrogens is 396 g/mol. The van der Waals surface area contributed by atoms with Crippen molar-refractivity contribution in [3.63, 3.8) is 0 Å². The minimum atomic E-state index is 0.0917. The fourth-order valence-corrected chi connectivity index (χ4v) is 4.52. The number of benzene rings is 3. The zero-order valence-electron chi connectivity index (χ0n) is 18.0. The smallest absolute Gasteiger partial charge is 0.224 e. The number of rotatable bonds is 8. The Balaban J connectivity index is 1.05. The van der Waals surface area contributed by atoms with Crippen LogP contribution >= 0.6 is 0 Å². The summed E-state index contributed by atoms with van der Waals surface area (Å²) in [6.45, 7) is 1.06. The molecule has 0 aromatic heterocycles. The van der Waals surface area contributed by atoms with Crippen LogP contribution < -0.4 is 10.6 Å². The standard InChI is InChI=1S/C28H28N2O2/c31-27(25-15-23(25)21-7-3-1-4-8-21)29-17-19-11-13-20(14-12-19)18-30-28(32)26-16-24(26)22-9-5-2-6-10-22/h1-14,23-26H,15-18H2,(H,29,31)(H,30,32)/t23-,24+,25-,26+. The molecule has 0 saturated heterocycles. The highest BCUT2D eigenvalue weighted by atomic mass is 16.2. The maximum Gasteiger partial charge on any atom is 0.224 e. The minimum absolute atomic E-state index is 0.0917. The van der Waals surface area contributed by atoms with Crippen LogP contribution in [0.25, 0.3) is 0 Å². The van der Waals surface area contributed by atoms with Crippen molar-refractivity contribution in [1.82, 2.24) is 10.6 Å². The summed E-state index contributed by atoms with van der Waals surface area (Å²) in [4.78, 5) is 24.9. The van der Waals surface area contributed by atoms with Crippen LogP contribution in [-0.4, -0.2) is 11.8 Å². The van der Waals surface area contributed by atoms with Crippen LogP contribution in [0.5, 0.6) is 0 Å². The van der Waals surface area contributed by atoms with Crippen molar-refractivity contribution < 1.29 is 9.59 Å². The first kappa shape index (κ1) is 20.5. The van der Waals surface area contributed by atoms with Crippen LogP contribution in [0.1, 0.15) is 46.9 Å². The van der Waals surface area contributed by atoms with Gasteiger partial charge >= 0.3 is 0 Å². The van der Waals surface area contributed by atoms with Gasteiger partial charge in [0.2, 0.25) is 11.8 Å². The Morgan fingerprint density at radius 2 is 0.969 bits per heavy atom. The normalized spacial score (nSPS) is 23.2. The summed E-state index contributed by atoms with van der Waals surface area (Å²) in [6.07, 6.45) is 1.86. The lowest BCUT2D eigenvalue weighted by atomic mass is 10.1. The van der Waals surface area contributed by atoms with Gasteiger partial charge < -0.3 is 10.6 Å². The zero-order valence-corrected chi connectivity index (χ0v) is 18.0. The van der Waals surface area contributed by atoms with Crippen LogP contribution in [0.4, 0.5) is 0 Å². The van der Waals surface area contributed by atoms with E-state index in [0.717, 1.165) is 24.0 Å². The van der Waals surface area contributed by atoms with Crippen molar-refractivity contribution in [2.75, 3.05) is 0 Å². The van der Waals surface area contributed by atoms with E-state index in [9.17, 15) is 9.59 Å².